The molecule has 2 rings (SSSR count). The van der Waals surface area contributed by atoms with Crippen LogP contribution in [0.1, 0.15) is 39.5 Å². The van der Waals surface area contributed by atoms with E-state index in [0.29, 0.717) is 12.1 Å². The first-order valence-corrected chi connectivity index (χ1v) is 7.58. The minimum absolute atomic E-state index is 0.423. The first-order chi connectivity index (χ1) is 9.25. The molecule has 3 atom stereocenters. The highest BCUT2D eigenvalue weighted by molar-refractivity contribution is 4.79. The molecule has 1 aromatic rings. The van der Waals surface area contributed by atoms with Gasteiger partial charge in [-0.05, 0) is 31.7 Å². The van der Waals surface area contributed by atoms with Crippen molar-refractivity contribution < 1.29 is 4.74 Å². The Bertz CT molecular complexity index is 339. The second-order valence-corrected chi connectivity index (χ2v) is 5.75. The summed E-state index contributed by atoms with van der Waals surface area (Å²) in [7, 11) is 0. The van der Waals surface area contributed by atoms with Crippen molar-refractivity contribution in [1.29, 1.82) is 0 Å². The van der Waals surface area contributed by atoms with E-state index in [0.717, 1.165) is 25.6 Å². The standard InChI is InChI=1S/C15H27N3O/c1-13-6-3-4-7-15(13)19-11-9-16-14(2)12-18-10-5-8-17-18/h5,8,10,13-16H,3-4,6-7,9,11-12H2,1-2H3/t13-,14+,15-/m0/s1. The van der Waals surface area contributed by atoms with Gasteiger partial charge in [0.15, 0.2) is 0 Å². The third-order valence-electron chi connectivity index (χ3n) is 3.98. The lowest BCUT2D eigenvalue weighted by Crippen LogP contribution is -2.35. The Labute approximate surface area is 116 Å². The smallest absolute Gasteiger partial charge is 0.0601 e. The van der Waals surface area contributed by atoms with Gasteiger partial charge in [-0.25, -0.2) is 0 Å². The lowest BCUT2D eigenvalue weighted by Gasteiger charge is -2.29. The van der Waals surface area contributed by atoms with E-state index < -0.39 is 0 Å². The van der Waals surface area contributed by atoms with Gasteiger partial charge < -0.3 is 10.1 Å². The average Bonchev–Trinajstić information content (AvgIpc) is 2.89. The van der Waals surface area contributed by atoms with Crippen molar-refractivity contribution >= 4 is 0 Å². The van der Waals surface area contributed by atoms with Gasteiger partial charge in [0.1, 0.15) is 0 Å². The molecule has 1 fully saturated rings. The molecule has 0 radical (unpaired) electrons. The summed E-state index contributed by atoms with van der Waals surface area (Å²) in [6, 6.07) is 2.38. The van der Waals surface area contributed by atoms with Crippen LogP contribution in [0.2, 0.25) is 0 Å². The van der Waals surface area contributed by atoms with Crippen LogP contribution in [0.3, 0.4) is 0 Å². The molecule has 0 unspecified atom stereocenters. The molecular formula is C15H27N3O. The fraction of sp³-hybridized carbons (Fsp3) is 0.800. The van der Waals surface area contributed by atoms with Gasteiger partial charge in [0.05, 0.1) is 19.3 Å². The van der Waals surface area contributed by atoms with Crippen molar-refractivity contribution in [1.82, 2.24) is 15.1 Å². The number of aromatic nitrogens is 2. The molecule has 1 aliphatic rings. The third-order valence-corrected chi connectivity index (χ3v) is 3.98. The number of nitrogens with zero attached hydrogens (tertiary/aromatic N) is 2. The second-order valence-electron chi connectivity index (χ2n) is 5.75. The topological polar surface area (TPSA) is 39.1 Å². The van der Waals surface area contributed by atoms with Crippen LogP contribution < -0.4 is 5.32 Å². The number of ether oxygens (including phenoxy) is 1. The number of hydrogen-bond donors (Lipinski definition) is 1. The molecule has 0 saturated heterocycles. The Hall–Kier alpha value is -0.870. The lowest BCUT2D eigenvalue weighted by molar-refractivity contribution is -0.00385. The van der Waals surface area contributed by atoms with E-state index in [1.807, 2.05) is 23.1 Å². The van der Waals surface area contributed by atoms with E-state index in [1.165, 1.54) is 25.7 Å². The van der Waals surface area contributed by atoms with Crippen LogP contribution in [0.4, 0.5) is 0 Å². The SMILES string of the molecule is C[C@H](Cn1cccn1)NCCO[C@H]1CCCC[C@@H]1C. The van der Waals surface area contributed by atoms with E-state index in [-0.39, 0.29) is 0 Å². The predicted octanol–water partition coefficient (Wildman–Crippen LogP) is 2.46. The molecule has 1 N–H and O–H groups in total. The van der Waals surface area contributed by atoms with Crippen LogP contribution in [0.25, 0.3) is 0 Å². The Morgan fingerprint density at radius 3 is 3.00 bits per heavy atom. The molecule has 0 aromatic carbocycles. The van der Waals surface area contributed by atoms with Gasteiger partial charge >= 0.3 is 0 Å². The highest BCUT2D eigenvalue weighted by atomic mass is 16.5. The first-order valence-electron chi connectivity index (χ1n) is 7.58. The molecule has 0 bridgehead atoms. The molecule has 19 heavy (non-hydrogen) atoms. The van der Waals surface area contributed by atoms with Crippen LogP contribution in [0, 0.1) is 5.92 Å². The molecule has 4 nitrogen and oxygen atoms in total. The van der Waals surface area contributed by atoms with Crippen LogP contribution in [-0.2, 0) is 11.3 Å². The number of nitrogens with one attached hydrogen (secondary N) is 1. The summed E-state index contributed by atoms with van der Waals surface area (Å²) < 4.78 is 7.96. The zero-order chi connectivity index (χ0) is 13.5. The molecule has 0 aliphatic heterocycles. The van der Waals surface area contributed by atoms with E-state index in [2.05, 4.69) is 24.3 Å². The highest BCUT2D eigenvalue weighted by Gasteiger charge is 2.21. The number of rotatable bonds is 7. The zero-order valence-electron chi connectivity index (χ0n) is 12.2. The van der Waals surface area contributed by atoms with E-state index in [9.17, 15) is 0 Å². The van der Waals surface area contributed by atoms with Crippen molar-refractivity contribution in [3.8, 4) is 0 Å². The lowest BCUT2D eigenvalue weighted by atomic mass is 9.88. The maximum Gasteiger partial charge on any atom is 0.0601 e. The molecule has 1 aromatic heterocycles. The average molecular weight is 265 g/mol. The largest absolute Gasteiger partial charge is 0.377 e. The van der Waals surface area contributed by atoms with E-state index in [1.54, 1.807) is 0 Å². The van der Waals surface area contributed by atoms with Gasteiger partial charge in [-0.3, -0.25) is 4.68 Å². The van der Waals surface area contributed by atoms with Crippen molar-refractivity contribution in [2.75, 3.05) is 13.2 Å². The Morgan fingerprint density at radius 1 is 1.42 bits per heavy atom. The summed E-state index contributed by atoms with van der Waals surface area (Å²) in [5, 5.41) is 7.70. The van der Waals surface area contributed by atoms with E-state index in [4.69, 9.17) is 4.74 Å². The molecule has 4 heteroatoms. The minimum Gasteiger partial charge on any atom is -0.377 e. The van der Waals surface area contributed by atoms with Crippen molar-refractivity contribution in [3.63, 3.8) is 0 Å². The van der Waals surface area contributed by atoms with Crippen LogP contribution in [0.5, 0.6) is 0 Å². The monoisotopic (exact) mass is 265 g/mol. The molecule has 0 amide bonds. The van der Waals surface area contributed by atoms with Crippen LogP contribution in [-0.4, -0.2) is 35.1 Å². The molecular weight excluding hydrogens is 238 g/mol. The molecule has 1 saturated carbocycles. The fourth-order valence-electron chi connectivity index (χ4n) is 2.80. The minimum atomic E-state index is 0.423. The zero-order valence-corrected chi connectivity index (χ0v) is 12.2. The van der Waals surface area contributed by atoms with Gasteiger partial charge in [-0.1, -0.05) is 19.8 Å². The summed E-state index contributed by atoms with van der Waals surface area (Å²) in [4.78, 5) is 0. The maximum absolute atomic E-state index is 6.00. The molecule has 0 spiro atoms. The summed E-state index contributed by atoms with van der Waals surface area (Å²) in [5.41, 5.74) is 0. The van der Waals surface area contributed by atoms with Gasteiger partial charge in [0, 0.05) is 25.0 Å². The van der Waals surface area contributed by atoms with Gasteiger partial charge in [0.25, 0.3) is 0 Å². The van der Waals surface area contributed by atoms with Crippen molar-refractivity contribution in [3.05, 3.63) is 18.5 Å². The molecule has 1 heterocycles. The maximum atomic E-state index is 6.00. The Kier molecular flexibility index (Phi) is 5.86. The Morgan fingerprint density at radius 2 is 2.26 bits per heavy atom. The second kappa shape index (κ2) is 7.65. The van der Waals surface area contributed by atoms with E-state index >= 15 is 0 Å². The Balaban J connectivity index is 1.56. The van der Waals surface area contributed by atoms with Crippen LogP contribution in [0.15, 0.2) is 18.5 Å². The summed E-state index contributed by atoms with van der Waals surface area (Å²) >= 11 is 0. The third kappa shape index (κ3) is 4.96. The molecule has 108 valence electrons. The normalized spacial score (nSPS) is 25.4. The fourth-order valence-corrected chi connectivity index (χ4v) is 2.80. The van der Waals surface area contributed by atoms with Crippen molar-refractivity contribution in [2.45, 2.75) is 58.2 Å². The predicted molar refractivity (Wildman–Crippen MR) is 77.1 cm³/mol. The van der Waals surface area contributed by atoms with Gasteiger partial charge in [-0.2, -0.15) is 5.10 Å². The van der Waals surface area contributed by atoms with Crippen molar-refractivity contribution in [2.24, 2.45) is 5.92 Å². The number of hydrogen-bond acceptors (Lipinski definition) is 3. The first kappa shape index (κ1) is 14.5. The highest BCUT2D eigenvalue weighted by Crippen LogP contribution is 2.25. The summed E-state index contributed by atoms with van der Waals surface area (Å²) in [5.74, 6) is 0.732. The summed E-state index contributed by atoms with van der Waals surface area (Å²) in [6.07, 6.45) is 9.58. The molecule has 1 aliphatic carbocycles. The quantitative estimate of drug-likeness (QED) is 0.770. The van der Waals surface area contributed by atoms with Gasteiger partial charge in [-0.15, -0.1) is 0 Å². The van der Waals surface area contributed by atoms with Gasteiger partial charge in [0.2, 0.25) is 0 Å². The summed E-state index contributed by atoms with van der Waals surface area (Å²) in [6.45, 7) is 7.15. The van der Waals surface area contributed by atoms with Crippen LogP contribution >= 0.6 is 0 Å².